The molecule has 0 saturated heterocycles. The second kappa shape index (κ2) is 8.13. The number of benzene rings is 1. The van der Waals surface area contributed by atoms with Crippen molar-refractivity contribution in [1.29, 1.82) is 5.26 Å². The number of ether oxygens (including phenoxy) is 2. The number of carbonyl (C=O) groups excluding carboxylic acids is 2. The normalized spacial score (nSPS) is 9.88. The first kappa shape index (κ1) is 17.5. The molecular formula is C17H16N2O4S. The van der Waals surface area contributed by atoms with Gasteiger partial charge in [-0.05, 0) is 24.3 Å². The largest absolute Gasteiger partial charge is 0.493 e. The number of carbonyl (C=O) groups is 2. The van der Waals surface area contributed by atoms with Crippen LogP contribution in [0.25, 0.3) is 0 Å². The Morgan fingerprint density at radius 2 is 2.04 bits per heavy atom. The summed E-state index contributed by atoms with van der Waals surface area (Å²) in [6.07, 6.45) is 0. The Balaban J connectivity index is 1.98. The molecule has 1 heterocycles. The molecule has 0 unspecified atom stereocenters. The van der Waals surface area contributed by atoms with E-state index in [1.54, 1.807) is 30.3 Å². The summed E-state index contributed by atoms with van der Waals surface area (Å²) in [5.74, 6) is 0.521. The molecule has 24 heavy (non-hydrogen) atoms. The first-order valence-corrected chi connectivity index (χ1v) is 7.92. The molecule has 0 spiro atoms. The molecule has 0 aliphatic rings. The van der Waals surface area contributed by atoms with Crippen LogP contribution >= 0.6 is 11.3 Å². The van der Waals surface area contributed by atoms with Crippen LogP contribution in [-0.4, -0.2) is 25.4 Å². The number of hydrogen-bond acceptors (Lipinski definition) is 6. The molecule has 7 heteroatoms. The number of hydrogen-bond donors (Lipinski definition) is 1. The molecule has 0 aliphatic carbocycles. The summed E-state index contributed by atoms with van der Waals surface area (Å²) in [7, 11) is 1.47. The lowest BCUT2D eigenvalue weighted by molar-refractivity contribution is -0.119. The number of rotatable bonds is 7. The Bertz CT molecular complexity index is 792. The third-order valence-electron chi connectivity index (χ3n) is 3.10. The van der Waals surface area contributed by atoms with Crippen molar-refractivity contribution in [3.63, 3.8) is 0 Å². The molecule has 1 amide bonds. The van der Waals surface area contributed by atoms with Crippen LogP contribution in [-0.2, 0) is 11.3 Å². The van der Waals surface area contributed by atoms with Crippen molar-refractivity contribution in [2.75, 3.05) is 13.7 Å². The average molecular weight is 344 g/mol. The highest BCUT2D eigenvalue weighted by molar-refractivity contribution is 7.14. The second-order valence-corrected chi connectivity index (χ2v) is 6.03. The van der Waals surface area contributed by atoms with Crippen LogP contribution in [0.15, 0.2) is 30.3 Å². The van der Waals surface area contributed by atoms with E-state index in [-0.39, 0.29) is 18.3 Å². The first-order chi connectivity index (χ1) is 11.5. The fraction of sp³-hybridized carbons (Fsp3) is 0.235. The number of amides is 1. The predicted molar refractivity (Wildman–Crippen MR) is 89.4 cm³/mol. The van der Waals surface area contributed by atoms with Gasteiger partial charge in [-0.15, -0.1) is 11.3 Å². The maximum Gasteiger partial charge on any atom is 0.217 e. The molecule has 124 valence electrons. The Labute approximate surface area is 143 Å². The van der Waals surface area contributed by atoms with Crippen LogP contribution in [0, 0.1) is 11.3 Å². The minimum Gasteiger partial charge on any atom is -0.493 e. The van der Waals surface area contributed by atoms with Crippen molar-refractivity contribution in [2.45, 2.75) is 13.5 Å². The summed E-state index contributed by atoms with van der Waals surface area (Å²) < 4.78 is 10.7. The zero-order valence-corrected chi connectivity index (χ0v) is 14.1. The van der Waals surface area contributed by atoms with Gasteiger partial charge in [-0.1, -0.05) is 0 Å². The topological polar surface area (TPSA) is 88.4 Å². The van der Waals surface area contributed by atoms with E-state index in [2.05, 4.69) is 5.32 Å². The molecule has 6 nitrogen and oxygen atoms in total. The van der Waals surface area contributed by atoms with Gasteiger partial charge in [0, 0.05) is 17.9 Å². The lowest BCUT2D eigenvalue weighted by Crippen LogP contribution is -2.18. The van der Waals surface area contributed by atoms with Gasteiger partial charge in [-0.2, -0.15) is 5.26 Å². The quantitative estimate of drug-likeness (QED) is 0.780. The number of nitriles is 1. The summed E-state index contributed by atoms with van der Waals surface area (Å²) in [5, 5.41) is 11.6. The van der Waals surface area contributed by atoms with Crippen LogP contribution in [0.3, 0.4) is 0 Å². The molecule has 1 aromatic carbocycles. The number of nitrogens with zero attached hydrogens (tertiary/aromatic N) is 1. The summed E-state index contributed by atoms with van der Waals surface area (Å²) in [5.41, 5.74) is 0.450. The summed E-state index contributed by atoms with van der Waals surface area (Å²) in [6.45, 7) is 1.71. The minimum absolute atomic E-state index is 0.118. The van der Waals surface area contributed by atoms with Crippen LogP contribution in [0.1, 0.15) is 27.0 Å². The van der Waals surface area contributed by atoms with E-state index in [9.17, 15) is 9.59 Å². The zero-order chi connectivity index (χ0) is 17.5. The SMILES string of the molecule is COc1cc(C#N)ccc1OCC(=O)c1ccc(CNC(C)=O)s1. The summed E-state index contributed by atoms with van der Waals surface area (Å²) >= 11 is 1.32. The van der Waals surface area contributed by atoms with E-state index in [1.165, 1.54) is 25.4 Å². The monoisotopic (exact) mass is 344 g/mol. The van der Waals surface area contributed by atoms with E-state index in [4.69, 9.17) is 14.7 Å². The Kier molecular flexibility index (Phi) is 5.93. The Morgan fingerprint density at radius 3 is 2.71 bits per heavy atom. The van der Waals surface area contributed by atoms with Gasteiger partial charge in [0.05, 0.1) is 30.2 Å². The molecule has 1 aromatic heterocycles. The van der Waals surface area contributed by atoms with E-state index in [0.29, 0.717) is 28.5 Å². The van der Waals surface area contributed by atoms with Crippen LogP contribution in [0.2, 0.25) is 0 Å². The van der Waals surface area contributed by atoms with Crippen molar-refractivity contribution < 1.29 is 19.1 Å². The number of thiophene rings is 1. The molecule has 0 atom stereocenters. The van der Waals surface area contributed by atoms with Gasteiger partial charge in [0.2, 0.25) is 11.7 Å². The predicted octanol–water partition coefficient (Wildman–Crippen LogP) is 2.53. The molecule has 2 rings (SSSR count). The first-order valence-electron chi connectivity index (χ1n) is 7.10. The fourth-order valence-electron chi connectivity index (χ4n) is 1.91. The number of nitrogens with one attached hydrogen (secondary N) is 1. The smallest absolute Gasteiger partial charge is 0.217 e. The highest BCUT2D eigenvalue weighted by atomic mass is 32.1. The van der Waals surface area contributed by atoms with E-state index in [1.807, 2.05) is 6.07 Å². The van der Waals surface area contributed by atoms with Gasteiger partial charge < -0.3 is 14.8 Å². The number of methoxy groups -OCH3 is 1. The molecule has 0 radical (unpaired) electrons. The average Bonchev–Trinajstić information content (AvgIpc) is 3.06. The lowest BCUT2D eigenvalue weighted by Gasteiger charge is -2.09. The molecule has 0 saturated carbocycles. The Morgan fingerprint density at radius 1 is 1.25 bits per heavy atom. The van der Waals surface area contributed by atoms with Crippen molar-refractivity contribution >= 4 is 23.0 Å². The standard InChI is InChI=1S/C17H16N2O4S/c1-11(20)19-9-13-4-6-17(24-13)14(21)10-23-15-5-3-12(8-18)7-16(15)22-2/h3-7H,9-10H2,1-2H3,(H,19,20). The van der Waals surface area contributed by atoms with Crippen LogP contribution < -0.4 is 14.8 Å². The van der Waals surface area contributed by atoms with Gasteiger partial charge in [0.25, 0.3) is 0 Å². The van der Waals surface area contributed by atoms with E-state index >= 15 is 0 Å². The van der Waals surface area contributed by atoms with Crippen LogP contribution in [0.5, 0.6) is 11.5 Å². The molecule has 0 fully saturated rings. The lowest BCUT2D eigenvalue weighted by atomic mass is 10.2. The maximum atomic E-state index is 12.2. The highest BCUT2D eigenvalue weighted by Crippen LogP contribution is 2.28. The van der Waals surface area contributed by atoms with Gasteiger partial charge in [-0.3, -0.25) is 9.59 Å². The van der Waals surface area contributed by atoms with Crippen molar-refractivity contribution in [1.82, 2.24) is 5.32 Å². The minimum atomic E-state index is -0.166. The number of Topliss-reactive ketones (excluding diaryl/α,β-unsaturated/α-hetero) is 1. The molecule has 0 aliphatic heterocycles. The van der Waals surface area contributed by atoms with Gasteiger partial charge >= 0.3 is 0 Å². The molecule has 2 aromatic rings. The van der Waals surface area contributed by atoms with Gasteiger partial charge in [0.1, 0.15) is 0 Å². The van der Waals surface area contributed by atoms with Crippen molar-refractivity contribution in [3.8, 4) is 17.6 Å². The molecule has 1 N–H and O–H groups in total. The van der Waals surface area contributed by atoms with Crippen molar-refractivity contribution in [2.24, 2.45) is 0 Å². The van der Waals surface area contributed by atoms with Gasteiger partial charge in [-0.25, -0.2) is 0 Å². The van der Waals surface area contributed by atoms with E-state index < -0.39 is 0 Å². The van der Waals surface area contributed by atoms with Crippen LogP contribution in [0.4, 0.5) is 0 Å². The fourth-order valence-corrected chi connectivity index (χ4v) is 2.78. The third kappa shape index (κ3) is 4.57. The highest BCUT2D eigenvalue weighted by Gasteiger charge is 2.13. The molecule has 0 bridgehead atoms. The van der Waals surface area contributed by atoms with Crippen molar-refractivity contribution in [3.05, 3.63) is 45.6 Å². The number of ketones is 1. The second-order valence-electron chi connectivity index (χ2n) is 4.86. The summed E-state index contributed by atoms with van der Waals surface area (Å²) in [6, 6.07) is 10.3. The molecular weight excluding hydrogens is 328 g/mol. The maximum absolute atomic E-state index is 12.2. The third-order valence-corrected chi connectivity index (χ3v) is 4.23. The summed E-state index contributed by atoms with van der Waals surface area (Å²) in [4.78, 5) is 24.5. The zero-order valence-electron chi connectivity index (χ0n) is 13.3. The van der Waals surface area contributed by atoms with E-state index in [0.717, 1.165) is 4.88 Å². The Hall–Kier alpha value is -2.85. The van der Waals surface area contributed by atoms with Gasteiger partial charge in [0.15, 0.2) is 18.1 Å².